The fourth-order valence-corrected chi connectivity index (χ4v) is 2.64. The van der Waals surface area contributed by atoms with Crippen molar-refractivity contribution in [3.8, 4) is 5.75 Å². The molecule has 2 rings (SSSR count). The molecule has 3 atom stereocenters. The molecule has 0 saturated carbocycles. The SMILES string of the molecule is COc1ccccc1[C@@H](C)NC(=O)C1CCNC1C. The molecule has 1 aromatic rings. The van der Waals surface area contributed by atoms with Gasteiger partial charge in [-0.1, -0.05) is 18.2 Å². The number of amides is 1. The first-order valence-electron chi connectivity index (χ1n) is 6.80. The van der Waals surface area contributed by atoms with E-state index in [-0.39, 0.29) is 23.9 Å². The number of hydrogen-bond donors (Lipinski definition) is 2. The average Bonchev–Trinajstić information content (AvgIpc) is 2.85. The van der Waals surface area contributed by atoms with Crippen LogP contribution in [0.15, 0.2) is 24.3 Å². The van der Waals surface area contributed by atoms with E-state index in [2.05, 4.69) is 17.6 Å². The number of nitrogens with one attached hydrogen (secondary N) is 2. The number of para-hydroxylation sites is 1. The van der Waals surface area contributed by atoms with Crippen molar-refractivity contribution in [3.63, 3.8) is 0 Å². The first-order valence-corrected chi connectivity index (χ1v) is 6.80. The molecule has 1 aromatic carbocycles. The normalized spacial score (nSPS) is 23.9. The molecule has 0 bridgehead atoms. The van der Waals surface area contributed by atoms with Crippen LogP contribution in [-0.4, -0.2) is 25.6 Å². The molecule has 2 unspecified atom stereocenters. The summed E-state index contributed by atoms with van der Waals surface area (Å²) in [6.45, 7) is 4.97. The minimum Gasteiger partial charge on any atom is -0.496 e. The molecule has 4 heteroatoms. The van der Waals surface area contributed by atoms with Gasteiger partial charge in [0.2, 0.25) is 5.91 Å². The highest BCUT2D eigenvalue weighted by Crippen LogP contribution is 2.25. The number of ether oxygens (including phenoxy) is 1. The second-order valence-electron chi connectivity index (χ2n) is 5.11. The summed E-state index contributed by atoms with van der Waals surface area (Å²) in [6, 6.07) is 8.00. The molecule has 2 N–H and O–H groups in total. The van der Waals surface area contributed by atoms with Crippen LogP contribution in [0.4, 0.5) is 0 Å². The third-order valence-corrected chi connectivity index (χ3v) is 3.83. The summed E-state index contributed by atoms with van der Waals surface area (Å²) in [5.41, 5.74) is 1.01. The zero-order valence-corrected chi connectivity index (χ0v) is 11.8. The minimum absolute atomic E-state index is 0.0450. The van der Waals surface area contributed by atoms with Crippen LogP contribution in [0, 0.1) is 5.92 Å². The van der Waals surface area contributed by atoms with Gasteiger partial charge in [-0.2, -0.15) is 0 Å². The number of hydrogen-bond acceptors (Lipinski definition) is 3. The van der Waals surface area contributed by atoms with E-state index < -0.39 is 0 Å². The smallest absolute Gasteiger partial charge is 0.225 e. The van der Waals surface area contributed by atoms with Crippen molar-refractivity contribution < 1.29 is 9.53 Å². The Hall–Kier alpha value is -1.55. The number of carbonyl (C=O) groups is 1. The van der Waals surface area contributed by atoms with Gasteiger partial charge in [0.1, 0.15) is 5.75 Å². The Balaban J connectivity index is 2.04. The lowest BCUT2D eigenvalue weighted by molar-refractivity contribution is -0.125. The standard InChI is InChI=1S/C15H22N2O2/c1-10-13(8-9-16-10)15(18)17-11(2)12-6-4-5-7-14(12)19-3/h4-7,10-11,13,16H,8-9H2,1-3H3,(H,17,18)/t10?,11-,13?/m1/s1. The van der Waals surface area contributed by atoms with E-state index in [1.165, 1.54) is 0 Å². The molecular formula is C15H22N2O2. The van der Waals surface area contributed by atoms with Crippen LogP contribution >= 0.6 is 0 Å². The van der Waals surface area contributed by atoms with Crippen LogP contribution in [0.1, 0.15) is 31.9 Å². The van der Waals surface area contributed by atoms with Crippen LogP contribution in [0.5, 0.6) is 5.75 Å². The third-order valence-electron chi connectivity index (χ3n) is 3.83. The van der Waals surface area contributed by atoms with E-state index in [0.717, 1.165) is 24.3 Å². The number of carbonyl (C=O) groups excluding carboxylic acids is 1. The van der Waals surface area contributed by atoms with Crippen molar-refractivity contribution in [2.45, 2.75) is 32.4 Å². The molecular weight excluding hydrogens is 240 g/mol. The zero-order chi connectivity index (χ0) is 13.8. The molecule has 1 saturated heterocycles. The largest absolute Gasteiger partial charge is 0.496 e. The lowest BCUT2D eigenvalue weighted by Gasteiger charge is -2.21. The Morgan fingerprint density at radius 3 is 2.84 bits per heavy atom. The minimum atomic E-state index is -0.0450. The second kappa shape index (κ2) is 6.06. The van der Waals surface area contributed by atoms with E-state index >= 15 is 0 Å². The van der Waals surface area contributed by atoms with Crippen molar-refractivity contribution in [2.75, 3.05) is 13.7 Å². The molecule has 1 aliphatic heterocycles. The van der Waals surface area contributed by atoms with Gasteiger partial charge in [0.25, 0.3) is 0 Å². The van der Waals surface area contributed by atoms with Crippen LogP contribution in [0.25, 0.3) is 0 Å². The van der Waals surface area contributed by atoms with Gasteiger partial charge in [-0.05, 0) is 32.9 Å². The molecule has 4 nitrogen and oxygen atoms in total. The van der Waals surface area contributed by atoms with Gasteiger partial charge in [0, 0.05) is 11.6 Å². The lowest BCUT2D eigenvalue weighted by atomic mass is 9.99. The van der Waals surface area contributed by atoms with E-state index in [9.17, 15) is 4.79 Å². The molecule has 1 heterocycles. The molecule has 0 aromatic heterocycles. The molecule has 104 valence electrons. The molecule has 1 aliphatic rings. The third kappa shape index (κ3) is 3.07. The van der Waals surface area contributed by atoms with Gasteiger partial charge in [0.05, 0.1) is 19.1 Å². The monoisotopic (exact) mass is 262 g/mol. The van der Waals surface area contributed by atoms with Crippen molar-refractivity contribution in [1.82, 2.24) is 10.6 Å². The summed E-state index contributed by atoms with van der Waals surface area (Å²) >= 11 is 0. The van der Waals surface area contributed by atoms with Gasteiger partial charge < -0.3 is 15.4 Å². The Morgan fingerprint density at radius 2 is 2.21 bits per heavy atom. The lowest BCUT2D eigenvalue weighted by Crippen LogP contribution is -2.37. The quantitative estimate of drug-likeness (QED) is 0.871. The van der Waals surface area contributed by atoms with Crippen molar-refractivity contribution >= 4 is 5.91 Å². The molecule has 0 radical (unpaired) electrons. The Kier molecular flexibility index (Phi) is 4.43. The number of benzene rings is 1. The maximum Gasteiger partial charge on any atom is 0.225 e. The maximum absolute atomic E-state index is 12.2. The van der Waals surface area contributed by atoms with Gasteiger partial charge in [-0.15, -0.1) is 0 Å². The predicted molar refractivity (Wildman–Crippen MR) is 75.1 cm³/mol. The van der Waals surface area contributed by atoms with E-state index in [4.69, 9.17) is 4.74 Å². The Labute approximate surface area is 114 Å². The summed E-state index contributed by atoms with van der Waals surface area (Å²) < 4.78 is 5.33. The summed E-state index contributed by atoms with van der Waals surface area (Å²) in [6.07, 6.45) is 0.908. The second-order valence-corrected chi connectivity index (χ2v) is 5.11. The van der Waals surface area contributed by atoms with Crippen molar-refractivity contribution in [3.05, 3.63) is 29.8 Å². The zero-order valence-electron chi connectivity index (χ0n) is 11.8. The van der Waals surface area contributed by atoms with E-state index in [1.807, 2.05) is 31.2 Å². The van der Waals surface area contributed by atoms with Gasteiger partial charge in [0.15, 0.2) is 0 Å². The van der Waals surface area contributed by atoms with Crippen LogP contribution in [0.3, 0.4) is 0 Å². The number of methoxy groups -OCH3 is 1. The average molecular weight is 262 g/mol. The molecule has 19 heavy (non-hydrogen) atoms. The van der Waals surface area contributed by atoms with Crippen LogP contribution in [-0.2, 0) is 4.79 Å². The topological polar surface area (TPSA) is 50.4 Å². The molecule has 0 aliphatic carbocycles. The first-order chi connectivity index (χ1) is 9.13. The fraction of sp³-hybridized carbons (Fsp3) is 0.533. The van der Waals surface area contributed by atoms with Gasteiger partial charge >= 0.3 is 0 Å². The highest BCUT2D eigenvalue weighted by molar-refractivity contribution is 5.80. The summed E-state index contributed by atoms with van der Waals surface area (Å²) in [5, 5.41) is 6.38. The Morgan fingerprint density at radius 1 is 1.47 bits per heavy atom. The summed E-state index contributed by atoms with van der Waals surface area (Å²) in [5.74, 6) is 1.00. The van der Waals surface area contributed by atoms with E-state index in [1.54, 1.807) is 7.11 Å². The van der Waals surface area contributed by atoms with Crippen LogP contribution in [0.2, 0.25) is 0 Å². The van der Waals surface area contributed by atoms with Crippen molar-refractivity contribution in [2.24, 2.45) is 5.92 Å². The highest BCUT2D eigenvalue weighted by atomic mass is 16.5. The molecule has 1 amide bonds. The number of rotatable bonds is 4. The Bertz CT molecular complexity index is 448. The fourth-order valence-electron chi connectivity index (χ4n) is 2.64. The van der Waals surface area contributed by atoms with Gasteiger partial charge in [-0.3, -0.25) is 4.79 Å². The van der Waals surface area contributed by atoms with E-state index in [0.29, 0.717) is 0 Å². The van der Waals surface area contributed by atoms with Crippen molar-refractivity contribution in [1.29, 1.82) is 0 Å². The summed E-state index contributed by atoms with van der Waals surface area (Å²) in [4.78, 5) is 12.2. The highest BCUT2D eigenvalue weighted by Gasteiger charge is 2.30. The predicted octanol–water partition coefficient (Wildman–Crippen LogP) is 1.87. The summed E-state index contributed by atoms with van der Waals surface area (Å²) in [7, 11) is 1.65. The first kappa shape index (κ1) is 13.9. The molecule has 0 spiro atoms. The maximum atomic E-state index is 12.2. The molecule has 1 fully saturated rings. The van der Waals surface area contributed by atoms with Gasteiger partial charge in [-0.25, -0.2) is 0 Å². The van der Waals surface area contributed by atoms with Crippen LogP contribution < -0.4 is 15.4 Å².